The summed E-state index contributed by atoms with van der Waals surface area (Å²) in [5.41, 5.74) is 1.30. The number of nitrogens with zero attached hydrogens (tertiary/aromatic N) is 2. The van der Waals surface area contributed by atoms with Gasteiger partial charge in [0.15, 0.2) is 0 Å². The van der Waals surface area contributed by atoms with Gasteiger partial charge in [-0.15, -0.1) is 0 Å². The molecule has 1 aromatic heterocycles. The molecule has 3 nitrogen and oxygen atoms in total. The van der Waals surface area contributed by atoms with Crippen LogP contribution in [0.2, 0.25) is 0 Å². The minimum atomic E-state index is 1.05. The molecule has 68 valence electrons. The second kappa shape index (κ2) is 5.53. The summed E-state index contributed by atoms with van der Waals surface area (Å²) in [7, 11) is 1.95. The maximum absolute atomic E-state index is 4.10. The van der Waals surface area contributed by atoms with Crippen LogP contribution in [0.4, 0.5) is 0 Å². The smallest absolute Gasteiger partial charge is 0.0522 e. The van der Waals surface area contributed by atoms with E-state index in [9.17, 15) is 0 Å². The van der Waals surface area contributed by atoms with E-state index in [2.05, 4.69) is 39.2 Å². The van der Waals surface area contributed by atoms with E-state index in [0.29, 0.717) is 0 Å². The highest BCUT2D eigenvalue weighted by atomic mass is 127. The largest absolute Gasteiger partial charge is 0.316 e. The van der Waals surface area contributed by atoms with Crippen molar-refractivity contribution in [1.82, 2.24) is 15.1 Å². The fourth-order valence-electron chi connectivity index (χ4n) is 1.03. The average molecular weight is 279 g/mol. The van der Waals surface area contributed by atoms with Gasteiger partial charge in [-0.05, 0) is 18.5 Å². The standard InChI is InChI=1S/C8H14IN3/c1-12-7-8(6-11-12)2-4-10-5-3-9/h6-7,10H,2-5H2,1H3. The summed E-state index contributed by atoms with van der Waals surface area (Å²) in [6.07, 6.45) is 5.06. The van der Waals surface area contributed by atoms with Crippen LogP contribution in [0.5, 0.6) is 0 Å². The van der Waals surface area contributed by atoms with Crippen molar-refractivity contribution in [1.29, 1.82) is 0 Å². The van der Waals surface area contributed by atoms with Crippen LogP contribution in [-0.2, 0) is 13.5 Å². The first-order valence-electron chi connectivity index (χ1n) is 4.07. The Balaban J connectivity index is 2.15. The molecule has 1 heterocycles. The molecule has 0 atom stereocenters. The molecule has 0 radical (unpaired) electrons. The first-order chi connectivity index (χ1) is 5.83. The Morgan fingerprint density at radius 1 is 1.58 bits per heavy atom. The van der Waals surface area contributed by atoms with Crippen LogP contribution in [-0.4, -0.2) is 27.3 Å². The third-order valence-electron chi connectivity index (χ3n) is 1.62. The minimum absolute atomic E-state index is 1.05. The summed E-state index contributed by atoms with van der Waals surface area (Å²) in [5.74, 6) is 0. The molecule has 0 spiro atoms. The van der Waals surface area contributed by atoms with Gasteiger partial charge in [0, 0.05) is 24.2 Å². The molecule has 0 aromatic carbocycles. The van der Waals surface area contributed by atoms with Crippen molar-refractivity contribution in [3.05, 3.63) is 18.0 Å². The van der Waals surface area contributed by atoms with Gasteiger partial charge in [-0.25, -0.2) is 0 Å². The lowest BCUT2D eigenvalue weighted by atomic mass is 10.2. The number of rotatable bonds is 5. The zero-order valence-electron chi connectivity index (χ0n) is 7.26. The Kier molecular flexibility index (Phi) is 4.60. The summed E-state index contributed by atoms with van der Waals surface area (Å²) in [4.78, 5) is 0. The Hall–Kier alpha value is -0.100. The van der Waals surface area contributed by atoms with Crippen molar-refractivity contribution in [3.8, 4) is 0 Å². The van der Waals surface area contributed by atoms with E-state index in [1.165, 1.54) is 9.99 Å². The van der Waals surface area contributed by atoms with Crippen LogP contribution >= 0.6 is 22.6 Å². The molecule has 0 fully saturated rings. The SMILES string of the molecule is Cn1cc(CCNCCI)cn1. The number of halogens is 1. The molecular formula is C8H14IN3. The molecule has 0 unspecified atom stereocenters. The van der Waals surface area contributed by atoms with E-state index in [-0.39, 0.29) is 0 Å². The summed E-state index contributed by atoms with van der Waals surface area (Å²) in [6, 6.07) is 0. The van der Waals surface area contributed by atoms with Crippen molar-refractivity contribution in [2.75, 3.05) is 17.5 Å². The average Bonchev–Trinajstić information content (AvgIpc) is 2.45. The van der Waals surface area contributed by atoms with E-state index >= 15 is 0 Å². The third-order valence-corrected chi connectivity index (χ3v) is 2.16. The summed E-state index contributed by atoms with van der Waals surface area (Å²) in [6.45, 7) is 2.15. The van der Waals surface area contributed by atoms with Gasteiger partial charge in [-0.2, -0.15) is 5.10 Å². The van der Waals surface area contributed by atoms with Crippen molar-refractivity contribution in [2.45, 2.75) is 6.42 Å². The fraction of sp³-hybridized carbons (Fsp3) is 0.625. The van der Waals surface area contributed by atoms with E-state index in [0.717, 1.165) is 19.5 Å². The van der Waals surface area contributed by atoms with Crippen LogP contribution in [0.3, 0.4) is 0 Å². The topological polar surface area (TPSA) is 29.9 Å². The quantitative estimate of drug-likeness (QED) is 0.495. The molecule has 12 heavy (non-hydrogen) atoms. The van der Waals surface area contributed by atoms with Crippen LogP contribution in [0, 0.1) is 0 Å². The molecule has 0 amide bonds. The molecule has 4 heteroatoms. The van der Waals surface area contributed by atoms with Crippen molar-refractivity contribution in [2.24, 2.45) is 7.05 Å². The highest BCUT2D eigenvalue weighted by Crippen LogP contribution is 1.95. The highest BCUT2D eigenvalue weighted by Gasteiger charge is 1.94. The van der Waals surface area contributed by atoms with Gasteiger partial charge in [0.05, 0.1) is 6.20 Å². The van der Waals surface area contributed by atoms with Gasteiger partial charge in [-0.1, -0.05) is 22.6 Å². The second-order valence-corrected chi connectivity index (χ2v) is 3.79. The molecule has 0 bridgehead atoms. The normalized spacial score (nSPS) is 10.5. The zero-order chi connectivity index (χ0) is 8.81. The van der Waals surface area contributed by atoms with E-state index in [1.54, 1.807) is 0 Å². The molecule has 0 saturated carbocycles. The molecule has 0 aliphatic rings. The zero-order valence-corrected chi connectivity index (χ0v) is 9.41. The van der Waals surface area contributed by atoms with Crippen LogP contribution in [0.15, 0.2) is 12.4 Å². The number of nitrogens with one attached hydrogen (secondary N) is 1. The lowest BCUT2D eigenvalue weighted by molar-refractivity contribution is 0.723. The Morgan fingerprint density at radius 2 is 2.42 bits per heavy atom. The maximum atomic E-state index is 4.10. The van der Waals surface area contributed by atoms with Gasteiger partial charge in [0.2, 0.25) is 0 Å². The van der Waals surface area contributed by atoms with E-state index < -0.39 is 0 Å². The molecule has 0 saturated heterocycles. The van der Waals surface area contributed by atoms with Gasteiger partial charge in [0.25, 0.3) is 0 Å². The number of aromatic nitrogens is 2. The summed E-state index contributed by atoms with van der Waals surface area (Å²) >= 11 is 2.37. The second-order valence-electron chi connectivity index (χ2n) is 2.71. The highest BCUT2D eigenvalue weighted by molar-refractivity contribution is 14.1. The van der Waals surface area contributed by atoms with Crippen molar-refractivity contribution < 1.29 is 0 Å². The summed E-state index contributed by atoms with van der Waals surface area (Å²) < 4.78 is 3.01. The predicted octanol–water partition coefficient (Wildman–Crippen LogP) is 0.987. The van der Waals surface area contributed by atoms with Gasteiger partial charge < -0.3 is 5.32 Å². The Morgan fingerprint density at radius 3 is 3.00 bits per heavy atom. The van der Waals surface area contributed by atoms with Crippen molar-refractivity contribution >= 4 is 22.6 Å². The summed E-state index contributed by atoms with van der Waals surface area (Å²) in [5, 5.41) is 7.45. The molecule has 1 rings (SSSR count). The molecule has 1 N–H and O–H groups in total. The number of alkyl halides is 1. The fourth-order valence-corrected chi connectivity index (χ4v) is 1.41. The monoisotopic (exact) mass is 279 g/mol. The van der Waals surface area contributed by atoms with Gasteiger partial charge >= 0.3 is 0 Å². The number of hydrogen-bond donors (Lipinski definition) is 1. The molecule has 0 aliphatic carbocycles. The van der Waals surface area contributed by atoms with Crippen molar-refractivity contribution in [3.63, 3.8) is 0 Å². The first kappa shape index (κ1) is 9.98. The van der Waals surface area contributed by atoms with Gasteiger partial charge in [0.1, 0.15) is 0 Å². The lowest BCUT2D eigenvalue weighted by Gasteiger charge is -1.98. The number of aryl methyl sites for hydroxylation is 1. The molecular weight excluding hydrogens is 265 g/mol. The molecule has 1 aromatic rings. The van der Waals surface area contributed by atoms with Gasteiger partial charge in [-0.3, -0.25) is 4.68 Å². The third kappa shape index (κ3) is 3.53. The first-order valence-corrected chi connectivity index (χ1v) is 5.59. The maximum Gasteiger partial charge on any atom is 0.0522 e. The van der Waals surface area contributed by atoms with E-state index in [1.807, 2.05) is 17.9 Å². The van der Waals surface area contributed by atoms with Crippen LogP contribution in [0.1, 0.15) is 5.56 Å². The lowest BCUT2D eigenvalue weighted by Crippen LogP contribution is -2.19. The minimum Gasteiger partial charge on any atom is -0.316 e. The van der Waals surface area contributed by atoms with E-state index in [4.69, 9.17) is 0 Å². The van der Waals surface area contributed by atoms with Crippen LogP contribution in [0.25, 0.3) is 0 Å². The Labute approximate surface area is 86.7 Å². The Bertz CT molecular complexity index is 222. The van der Waals surface area contributed by atoms with Crippen LogP contribution < -0.4 is 5.32 Å². The predicted molar refractivity (Wildman–Crippen MR) is 58.7 cm³/mol. The number of hydrogen-bond acceptors (Lipinski definition) is 2. The molecule has 0 aliphatic heterocycles.